The summed E-state index contributed by atoms with van der Waals surface area (Å²) >= 11 is 0. The quantitative estimate of drug-likeness (QED) is 0.222. The summed E-state index contributed by atoms with van der Waals surface area (Å²) in [5, 5.41) is 14.3. The van der Waals surface area contributed by atoms with Gasteiger partial charge in [0.2, 0.25) is 5.82 Å². The van der Waals surface area contributed by atoms with Crippen LogP contribution >= 0.6 is 0 Å². The Morgan fingerprint density at radius 1 is 0.658 bits per heavy atom. The summed E-state index contributed by atoms with van der Waals surface area (Å²) in [6.45, 7) is 1.97. The molecule has 184 valence electrons. The van der Waals surface area contributed by atoms with Crippen LogP contribution in [0, 0.1) is 6.92 Å². The van der Waals surface area contributed by atoms with Crippen molar-refractivity contribution in [3.05, 3.63) is 150 Å². The molecule has 0 spiro atoms. The molecule has 0 aliphatic heterocycles. The molecule has 0 bridgehead atoms. The smallest absolute Gasteiger partial charge is 0.205 e. The van der Waals surface area contributed by atoms with Crippen LogP contribution in [-0.2, 0) is 5.54 Å². The van der Waals surface area contributed by atoms with Crippen molar-refractivity contribution in [1.82, 2.24) is 25.2 Å². The Hall–Kier alpha value is -5.10. The molecule has 2 N–H and O–H groups in total. The SMILES string of the molecule is Cc1ccc(-c2ccc(N)cc2-c2nnn(C(c3ccccc3)(c3ccccc3)c3ccccc3)n2)cn1. The van der Waals surface area contributed by atoms with Gasteiger partial charge >= 0.3 is 0 Å². The Kier molecular flexibility index (Phi) is 5.98. The summed E-state index contributed by atoms with van der Waals surface area (Å²) in [6, 6.07) is 40.7. The van der Waals surface area contributed by atoms with E-state index in [0.717, 1.165) is 39.1 Å². The van der Waals surface area contributed by atoms with Gasteiger partial charge in [0.15, 0.2) is 5.54 Å². The predicted molar refractivity (Wildman–Crippen MR) is 150 cm³/mol. The first-order valence-corrected chi connectivity index (χ1v) is 12.5. The second-order valence-electron chi connectivity index (χ2n) is 9.20. The number of anilines is 1. The maximum atomic E-state index is 6.23. The fraction of sp³-hybridized carbons (Fsp3) is 0.0625. The van der Waals surface area contributed by atoms with Gasteiger partial charge in [-0.2, -0.15) is 0 Å². The number of hydrogen-bond donors (Lipinski definition) is 1. The van der Waals surface area contributed by atoms with Gasteiger partial charge in [0.25, 0.3) is 0 Å². The Morgan fingerprint density at radius 2 is 1.24 bits per heavy atom. The summed E-state index contributed by atoms with van der Waals surface area (Å²) in [5.74, 6) is 0.486. The second-order valence-corrected chi connectivity index (χ2v) is 9.20. The van der Waals surface area contributed by atoms with E-state index < -0.39 is 5.54 Å². The van der Waals surface area contributed by atoms with E-state index in [4.69, 9.17) is 10.8 Å². The monoisotopic (exact) mass is 494 g/mol. The number of hydrogen-bond acceptors (Lipinski definition) is 5. The van der Waals surface area contributed by atoms with Gasteiger partial charge in [-0.25, -0.2) is 0 Å². The zero-order valence-corrected chi connectivity index (χ0v) is 20.9. The minimum Gasteiger partial charge on any atom is -0.399 e. The number of rotatable bonds is 6. The molecular weight excluding hydrogens is 468 g/mol. The molecule has 0 amide bonds. The highest BCUT2D eigenvalue weighted by atomic mass is 15.6. The van der Waals surface area contributed by atoms with Crippen molar-refractivity contribution in [2.75, 3.05) is 5.73 Å². The lowest BCUT2D eigenvalue weighted by Gasteiger charge is -2.34. The van der Waals surface area contributed by atoms with Crippen molar-refractivity contribution < 1.29 is 0 Å². The molecule has 6 heteroatoms. The Balaban J connectivity index is 1.61. The molecule has 0 saturated heterocycles. The van der Waals surface area contributed by atoms with Crippen LogP contribution in [0.3, 0.4) is 0 Å². The Bertz CT molecular complexity index is 1560. The number of nitrogen functional groups attached to an aromatic ring is 1. The van der Waals surface area contributed by atoms with E-state index in [-0.39, 0.29) is 0 Å². The zero-order chi connectivity index (χ0) is 26.0. The maximum absolute atomic E-state index is 6.23. The van der Waals surface area contributed by atoms with E-state index in [1.165, 1.54) is 0 Å². The molecule has 6 rings (SSSR count). The molecule has 0 radical (unpaired) electrons. The number of pyridine rings is 1. The number of nitrogens with two attached hydrogens (primary N) is 1. The van der Waals surface area contributed by atoms with Gasteiger partial charge < -0.3 is 5.73 Å². The van der Waals surface area contributed by atoms with Crippen molar-refractivity contribution in [3.63, 3.8) is 0 Å². The molecule has 0 aliphatic rings. The lowest BCUT2D eigenvalue weighted by Crippen LogP contribution is -2.39. The third kappa shape index (κ3) is 4.02. The number of benzene rings is 4. The normalized spacial score (nSPS) is 11.4. The summed E-state index contributed by atoms with van der Waals surface area (Å²) in [5.41, 5.74) is 12.7. The Labute approximate surface area is 221 Å². The molecule has 2 heterocycles. The first-order chi connectivity index (χ1) is 18.7. The molecular formula is C32H26N6. The lowest BCUT2D eigenvalue weighted by molar-refractivity contribution is 0.396. The average molecular weight is 495 g/mol. The van der Waals surface area contributed by atoms with Crippen molar-refractivity contribution in [2.24, 2.45) is 0 Å². The molecule has 2 aromatic heterocycles. The molecule has 0 aliphatic carbocycles. The summed E-state index contributed by atoms with van der Waals surface area (Å²) in [6.07, 6.45) is 1.86. The average Bonchev–Trinajstić information content (AvgIpc) is 3.46. The summed E-state index contributed by atoms with van der Waals surface area (Å²) in [4.78, 5) is 6.21. The van der Waals surface area contributed by atoms with Gasteiger partial charge in [0.05, 0.1) is 0 Å². The van der Waals surface area contributed by atoms with E-state index in [2.05, 4.69) is 51.7 Å². The number of nitrogens with zero attached hydrogens (tertiary/aromatic N) is 5. The van der Waals surface area contributed by atoms with Crippen LogP contribution in [0.2, 0.25) is 0 Å². The van der Waals surface area contributed by atoms with E-state index in [1.54, 1.807) is 4.80 Å². The third-order valence-corrected chi connectivity index (χ3v) is 6.80. The molecule has 4 aromatic carbocycles. The van der Waals surface area contributed by atoms with Crippen LogP contribution in [0.25, 0.3) is 22.5 Å². The van der Waals surface area contributed by atoms with Gasteiger partial charge in [0.1, 0.15) is 0 Å². The molecule has 0 unspecified atom stereocenters. The van der Waals surface area contributed by atoms with Gasteiger partial charge in [0, 0.05) is 28.7 Å². The predicted octanol–water partition coefficient (Wildman–Crippen LogP) is 6.13. The second kappa shape index (κ2) is 9.75. The first-order valence-electron chi connectivity index (χ1n) is 12.5. The molecule has 0 saturated carbocycles. The van der Waals surface area contributed by atoms with Crippen molar-refractivity contribution in [2.45, 2.75) is 12.5 Å². The standard InChI is InChI=1S/C32H26N6/c1-23-17-18-24(22-34-23)29-20-19-28(33)21-30(29)31-35-37-38(36-31)32(25-11-5-2-6-12-25,26-13-7-3-8-14-26)27-15-9-4-10-16-27/h2-22H,33H2,1H3. The lowest BCUT2D eigenvalue weighted by atomic mass is 9.77. The molecule has 0 atom stereocenters. The summed E-state index contributed by atoms with van der Waals surface area (Å²) in [7, 11) is 0. The topological polar surface area (TPSA) is 82.5 Å². The van der Waals surface area contributed by atoms with Crippen molar-refractivity contribution in [3.8, 4) is 22.5 Å². The van der Waals surface area contributed by atoms with Gasteiger partial charge in [-0.1, -0.05) is 103 Å². The fourth-order valence-corrected chi connectivity index (χ4v) is 4.97. The summed E-state index contributed by atoms with van der Waals surface area (Å²) < 4.78 is 0. The maximum Gasteiger partial charge on any atom is 0.205 e. The molecule has 6 aromatic rings. The van der Waals surface area contributed by atoms with Gasteiger partial charge in [-0.05, 0) is 52.6 Å². The van der Waals surface area contributed by atoms with Crippen LogP contribution < -0.4 is 5.73 Å². The number of aromatic nitrogens is 5. The molecule has 6 nitrogen and oxygen atoms in total. The minimum absolute atomic E-state index is 0.486. The highest BCUT2D eigenvalue weighted by molar-refractivity contribution is 5.82. The van der Waals surface area contributed by atoms with Crippen molar-refractivity contribution >= 4 is 5.69 Å². The highest BCUT2D eigenvalue weighted by Crippen LogP contribution is 2.40. The van der Waals surface area contributed by atoms with Gasteiger partial charge in [-0.15, -0.1) is 15.0 Å². The Morgan fingerprint density at radius 3 is 1.76 bits per heavy atom. The largest absolute Gasteiger partial charge is 0.399 e. The van der Waals surface area contributed by atoms with Crippen molar-refractivity contribution in [1.29, 1.82) is 0 Å². The van der Waals surface area contributed by atoms with E-state index >= 15 is 0 Å². The van der Waals surface area contributed by atoms with E-state index in [0.29, 0.717) is 11.5 Å². The van der Waals surface area contributed by atoms with Crippen LogP contribution in [0.4, 0.5) is 5.69 Å². The van der Waals surface area contributed by atoms with E-state index in [1.807, 2.05) is 98.0 Å². The van der Waals surface area contributed by atoms with Crippen LogP contribution in [0.5, 0.6) is 0 Å². The molecule has 0 fully saturated rings. The number of aryl methyl sites for hydroxylation is 1. The first kappa shape index (κ1) is 23.3. The third-order valence-electron chi connectivity index (χ3n) is 6.80. The fourth-order valence-electron chi connectivity index (χ4n) is 4.97. The highest BCUT2D eigenvalue weighted by Gasteiger charge is 2.41. The minimum atomic E-state index is -0.846. The number of tetrazole rings is 1. The molecule has 38 heavy (non-hydrogen) atoms. The van der Waals surface area contributed by atoms with E-state index in [9.17, 15) is 0 Å². The zero-order valence-electron chi connectivity index (χ0n) is 20.9. The van der Waals surface area contributed by atoms with Crippen LogP contribution in [0.1, 0.15) is 22.4 Å². The van der Waals surface area contributed by atoms with Crippen LogP contribution in [-0.4, -0.2) is 25.2 Å². The van der Waals surface area contributed by atoms with Crippen LogP contribution in [0.15, 0.2) is 128 Å². The van der Waals surface area contributed by atoms with Gasteiger partial charge in [-0.3, -0.25) is 4.98 Å².